The Hall–Kier alpha value is -1.36. The van der Waals surface area contributed by atoms with Crippen molar-refractivity contribution in [2.24, 2.45) is 0 Å². The maximum absolute atomic E-state index is 5.79. The number of nitrogens with zero attached hydrogens (tertiary/aromatic N) is 3. The van der Waals surface area contributed by atoms with Crippen LogP contribution in [-0.2, 0) is 11.2 Å². The van der Waals surface area contributed by atoms with Crippen molar-refractivity contribution < 1.29 is 4.74 Å². The third kappa shape index (κ3) is 3.20. The quantitative estimate of drug-likeness (QED) is 0.916. The summed E-state index contributed by atoms with van der Waals surface area (Å²) in [6.45, 7) is 13.9. The minimum atomic E-state index is -0.125. The first-order chi connectivity index (χ1) is 9.46. The molecule has 0 aromatic carbocycles. The Morgan fingerprint density at radius 1 is 1.30 bits per heavy atom. The second kappa shape index (κ2) is 5.95. The van der Waals surface area contributed by atoms with Crippen LogP contribution in [0.1, 0.15) is 39.1 Å². The van der Waals surface area contributed by atoms with Crippen molar-refractivity contribution in [3.05, 3.63) is 11.4 Å². The Bertz CT molecular complexity index is 473. The molecule has 1 N–H and O–H groups in total. The lowest BCUT2D eigenvalue weighted by Gasteiger charge is -2.39. The molecule has 1 aromatic heterocycles. The molecule has 2 rings (SSSR count). The smallest absolute Gasteiger partial charge is 0.137 e. The molecular weight excluding hydrogens is 252 g/mol. The van der Waals surface area contributed by atoms with Crippen LogP contribution >= 0.6 is 0 Å². The van der Waals surface area contributed by atoms with Crippen LogP contribution in [0.5, 0.6) is 0 Å². The highest BCUT2D eigenvalue weighted by Crippen LogP contribution is 2.27. The van der Waals surface area contributed by atoms with E-state index in [1.54, 1.807) is 0 Å². The Morgan fingerprint density at radius 3 is 2.65 bits per heavy atom. The summed E-state index contributed by atoms with van der Waals surface area (Å²) in [5, 5.41) is 3.34. The zero-order valence-corrected chi connectivity index (χ0v) is 13.3. The fourth-order valence-electron chi connectivity index (χ4n) is 2.55. The second-order valence-electron chi connectivity index (χ2n) is 5.85. The van der Waals surface area contributed by atoms with Crippen molar-refractivity contribution >= 4 is 11.6 Å². The Morgan fingerprint density at radius 2 is 2.05 bits per heavy atom. The fourth-order valence-corrected chi connectivity index (χ4v) is 2.55. The zero-order valence-electron chi connectivity index (χ0n) is 13.3. The van der Waals surface area contributed by atoms with E-state index in [-0.39, 0.29) is 5.60 Å². The van der Waals surface area contributed by atoms with Gasteiger partial charge in [0.15, 0.2) is 0 Å². The molecule has 0 unspecified atom stereocenters. The van der Waals surface area contributed by atoms with Crippen molar-refractivity contribution in [3.8, 4) is 0 Å². The summed E-state index contributed by atoms with van der Waals surface area (Å²) in [6.07, 6.45) is 0.847. The molecule has 112 valence electrons. The third-order valence-electron chi connectivity index (χ3n) is 3.55. The van der Waals surface area contributed by atoms with E-state index in [0.717, 1.165) is 55.7 Å². The summed E-state index contributed by atoms with van der Waals surface area (Å²) in [5.74, 6) is 2.90. The molecule has 0 bridgehead atoms. The van der Waals surface area contributed by atoms with E-state index in [0.29, 0.717) is 0 Å². The van der Waals surface area contributed by atoms with Gasteiger partial charge in [-0.25, -0.2) is 9.97 Å². The molecule has 0 amide bonds. The SMILES string of the molecule is CCNc1nc(CC)nc(N2CCOC(C)(C)C2)c1C. The van der Waals surface area contributed by atoms with E-state index in [1.165, 1.54) is 0 Å². The number of hydrogen-bond donors (Lipinski definition) is 1. The largest absolute Gasteiger partial charge is 0.372 e. The van der Waals surface area contributed by atoms with Gasteiger partial charge in [-0.15, -0.1) is 0 Å². The molecule has 0 saturated carbocycles. The minimum Gasteiger partial charge on any atom is -0.372 e. The highest BCUT2D eigenvalue weighted by atomic mass is 16.5. The second-order valence-corrected chi connectivity index (χ2v) is 5.85. The standard InChI is InChI=1S/C15H26N4O/c1-6-12-17-13(16-7-2)11(3)14(18-12)19-8-9-20-15(4,5)10-19/h6-10H2,1-5H3,(H,16,17,18). The van der Waals surface area contributed by atoms with Crippen LogP contribution in [-0.4, -0.2) is 41.8 Å². The van der Waals surface area contributed by atoms with Gasteiger partial charge >= 0.3 is 0 Å². The summed E-state index contributed by atoms with van der Waals surface area (Å²) in [6, 6.07) is 0. The van der Waals surface area contributed by atoms with E-state index >= 15 is 0 Å². The lowest BCUT2D eigenvalue weighted by Crippen LogP contribution is -2.49. The van der Waals surface area contributed by atoms with Crippen LogP contribution in [0, 0.1) is 6.92 Å². The van der Waals surface area contributed by atoms with Gasteiger partial charge in [0.1, 0.15) is 17.5 Å². The number of morpholine rings is 1. The molecule has 0 spiro atoms. The number of aryl methyl sites for hydroxylation is 1. The minimum absolute atomic E-state index is 0.125. The van der Waals surface area contributed by atoms with Crippen LogP contribution in [0.2, 0.25) is 0 Å². The zero-order chi connectivity index (χ0) is 14.8. The molecule has 2 heterocycles. The number of aromatic nitrogens is 2. The van der Waals surface area contributed by atoms with Gasteiger partial charge in [-0.1, -0.05) is 6.92 Å². The highest BCUT2D eigenvalue weighted by molar-refractivity contribution is 5.59. The van der Waals surface area contributed by atoms with Crippen molar-refractivity contribution in [2.45, 2.75) is 46.6 Å². The van der Waals surface area contributed by atoms with E-state index in [4.69, 9.17) is 9.72 Å². The molecule has 1 saturated heterocycles. The number of hydrogen-bond acceptors (Lipinski definition) is 5. The van der Waals surface area contributed by atoms with Crippen LogP contribution in [0.3, 0.4) is 0 Å². The summed E-state index contributed by atoms with van der Waals surface area (Å²) in [7, 11) is 0. The first-order valence-electron chi connectivity index (χ1n) is 7.47. The number of rotatable bonds is 4. The van der Waals surface area contributed by atoms with E-state index in [9.17, 15) is 0 Å². The van der Waals surface area contributed by atoms with Crippen LogP contribution in [0.4, 0.5) is 11.6 Å². The number of anilines is 2. The molecule has 1 aliphatic heterocycles. The van der Waals surface area contributed by atoms with Crippen molar-refractivity contribution in [3.63, 3.8) is 0 Å². The van der Waals surface area contributed by atoms with Gasteiger partial charge in [0, 0.05) is 31.6 Å². The van der Waals surface area contributed by atoms with Crippen LogP contribution in [0.15, 0.2) is 0 Å². The third-order valence-corrected chi connectivity index (χ3v) is 3.55. The van der Waals surface area contributed by atoms with E-state index in [2.05, 4.69) is 49.8 Å². The molecule has 20 heavy (non-hydrogen) atoms. The average molecular weight is 278 g/mol. The fraction of sp³-hybridized carbons (Fsp3) is 0.733. The Labute approximate surface area is 121 Å². The molecule has 5 heteroatoms. The van der Waals surface area contributed by atoms with Gasteiger partial charge in [-0.2, -0.15) is 0 Å². The topological polar surface area (TPSA) is 50.3 Å². The van der Waals surface area contributed by atoms with Crippen molar-refractivity contribution in [2.75, 3.05) is 36.5 Å². The predicted molar refractivity (Wildman–Crippen MR) is 82.6 cm³/mol. The lowest BCUT2D eigenvalue weighted by atomic mass is 10.1. The van der Waals surface area contributed by atoms with Gasteiger partial charge in [-0.05, 0) is 27.7 Å². The molecular formula is C15H26N4O. The Kier molecular flexibility index (Phi) is 4.48. The molecule has 0 radical (unpaired) electrons. The molecule has 5 nitrogen and oxygen atoms in total. The normalized spacial score (nSPS) is 18.1. The summed E-state index contributed by atoms with van der Waals surface area (Å²) in [5.41, 5.74) is 1.00. The predicted octanol–water partition coefficient (Wildman–Crippen LogP) is 2.39. The summed E-state index contributed by atoms with van der Waals surface area (Å²) < 4.78 is 5.79. The van der Waals surface area contributed by atoms with Crippen molar-refractivity contribution in [1.29, 1.82) is 0 Å². The molecule has 1 aromatic rings. The molecule has 1 fully saturated rings. The molecule has 0 aliphatic carbocycles. The highest BCUT2D eigenvalue weighted by Gasteiger charge is 2.29. The van der Waals surface area contributed by atoms with Gasteiger partial charge in [0.25, 0.3) is 0 Å². The summed E-state index contributed by atoms with van der Waals surface area (Å²) in [4.78, 5) is 11.7. The first kappa shape index (κ1) is 15.0. The lowest BCUT2D eigenvalue weighted by molar-refractivity contribution is -0.0279. The average Bonchev–Trinajstić information content (AvgIpc) is 2.40. The Balaban J connectivity index is 2.36. The first-order valence-corrected chi connectivity index (χ1v) is 7.47. The maximum Gasteiger partial charge on any atom is 0.137 e. The maximum atomic E-state index is 5.79. The van der Waals surface area contributed by atoms with Crippen LogP contribution in [0.25, 0.3) is 0 Å². The van der Waals surface area contributed by atoms with E-state index < -0.39 is 0 Å². The monoisotopic (exact) mass is 278 g/mol. The van der Waals surface area contributed by atoms with E-state index in [1.807, 2.05) is 0 Å². The number of ether oxygens (including phenoxy) is 1. The van der Waals surface area contributed by atoms with Gasteiger partial charge < -0.3 is 15.0 Å². The van der Waals surface area contributed by atoms with Crippen LogP contribution < -0.4 is 10.2 Å². The van der Waals surface area contributed by atoms with Gasteiger partial charge in [0.05, 0.1) is 12.2 Å². The number of nitrogens with one attached hydrogen (secondary N) is 1. The van der Waals surface area contributed by atoms with Crippen molar-refractivity contribution in [1.82, 2.24) is 9.97 Å². The molecule has 0 atom stereocenters. The van der Waals surface area contributed by atoms with Gasteiger partial charge in [0.2, 0.25) is 0 Å². The summed E-state index contributed by atoms with van der Waals surface area (Å²) >= 11 is 0. The van der Waals surface area contributed by atoms with Gasteiger partial charge in [-0.3, -0.25) is 0 Å². The molecule has 1 aliphatic rings.